The van der Waals surface area contributed by atoms with E-state index in [-0.39, 0.29) is 36.4 Å². The number of rotatable bonds is 6. The van der Waals surface area contributed by atoms with E-state index >= 15 is 0 Å². The van der Waals surface area contributed by atoms with Gasteiger partial charge in [-0.3, -0.25) is 23.7 Å². The van der Waals surface area contributed by atoms with Crippen LogP contribution in [0.15, 0.2) is 40.9 Å². The SMILES string of the molecule is C=C=C1C[C@@]1(NC(C)=O)C(=O)NC12CCC(CC1)Cn1c2nc(C(=O)NCc2ccc(F)c(C)c2)c(O)c1=O. The van der Waals surface area contributed by atoms with Gasteiger partial charge in [0.2, 0.25) is 11.7 Å². The molecule has 11 heteroatoms. The Kier molecular flexibility index (Phi) is 6.42. The molecule has 0 saturated heterocycles. The van der Waals surface area contributed by atoms with Gasteiger partial charge in [0.1, 0.15) is 11.6 Å². The second-order valence-electron chi connectivity index (χ2n) is 10.7. The first-order chi connectivity index (χ1) is 18.5. The van der Waals surface area contributed by atoms with E-state index in [1.807, 2.05) is 0 Å². The van der Waals surface area contributed by atoms with E-state index in [0.29, 0.717) is 48.9 Å². The maximum Gasteiger partial charge on any atom is 0.296 e. The van der Waals surface area contributed by atoms with Crippen LogP contribution in [0, 0.1) is 18.7 Å². The summed E-state index contributed by atoms with van der Waals surface area (Å²) in [5.74, 6) is -2.42. The molecule has 3 amide bonds. The minimum atomic E-state index is -1.26. The zero-order valence-electron chi connectivity index (χ0n) is 21.8. The van der Waals surface area contributed by atoms with Gasteiger partial charge in [-0.05, 0) is 55.7 Å². The van der Waals surface area contributed by atoms with E-state index in [9.17, 15) is 28.7 Å². The highest BCUT2D eigenvalue weighted by atomic mass is 19.1. The average molecular weight is 536 g/mol. The van der Waals surface area contributed by atoms with Gasteiger partial charge in [0.15, 0.2) is 11.2 Å². The third-order valence-corrected chi connectivity index (χ3v) is 8.04. The summed E-state index contributed by atoms with van der Waals surface area (Å²) < 4.78 is 15.0. The summed E-state index contributed by atoms with van der Waals surface area (Å²) in [6.45, 7) is 6.87. The van der Waals surface area contributed by atoms with Crippen LogP contribution in [0.1, 0.15) is 66.5 Å². The van der Waals surface area contributed by atoms with Crippen LogP contribution in [0.3, 0.4) is 0 Å². The van der Waals surface area contributed by atoms with Crippen molar-refractivity contribution in [2.45, 2.75) is 70.1 Å². The minimum Gasteiger partial charge on any atom is -0.501 e. The molecule has 0 unspecified atom stereocenters. The zero-order valence-corrected chi connectivity index (χ0v) is 21.8. The number of halogens is 1. The van der Waals surface area contributed by atoms with Crippen LogP contribution in [0.4, 0.5) is 4.39 Å². The Morgan fingerprint density at radius 1 is 1.26 bits per heavy atom. The molecule has 2 bridgehead atoms. The number of carbonyl (C=O) groups excluding carboxylic acids is 3. The van der Waals surface area contributed by atoms with Gasteiger partial charge in [-0.25, -0.2) is 9.37 Å². The Labute approximate surface area is 224 Å². The fourth-order valence-electron chi connectivity index (χ4n) is 5.79. The number of hydrogen-bond acceptors (Lipinski definition) is 6. The first-order valence-corrected chi connectivity index (χ1v) is 12.9. The van der Waals surface area contributed by atoms with Crippen molar-refractivity contribution in [1.82, 2.24) is 25.5 Å². The second kappa shape index (κ2) is 9.50. The lowest BCUT2D eigenvalue weighted by molar-refractivity contribution is -0.130. The van der Waals surface area contributed by atoms with Crippen molar-refractivity contribution in [3.8, 4) is 5.75 Å². The van der Waals surface area contributed by atoms with Gasteiger partial charge in [-0.2, -0.15) is 0 Å². The number of hydrogen-bond donors (Lipinski definition) is 4. The monoisotopic (exact) mass is 535 g/mol. The number of aromatic nitrogens is 2. The number of benzene rings is 1. The summed E-state index contributed by atoms with van der Waals surface area (Å²) >= 11 is 0. The van der Waals surface area contributed by atoms with E-state index < -0.39 is 39.9 Å². The van der Waals surface area contributed by atoms with Crippen LogP contribution in [0.25, 0.3) is 0 Å². The molecule has 1 atom stereocenters. The molecule has 2 aliphatic heterocycles. The Bertz CT molecular complexity index is 1520. The topological polar surface area (TPSA) is 142 Å². The summed E-state index contributed by atoms with van der Waals surface area (Å²) in [5.41, 5.74) is 0.771. The Hall–Kier alpha value is -4.24. The molecule has 10 nitrogen and oxygen atoms in total. The Balaban J connectivity index is 1.50. The lowest BCUT2D eigenvalue weighted by Crippen LogP contribution is -2.57. The molecule has 2 aromatic rings. The predicted octanol–water partition coefficient (Wildman–Crippen LogP) is 1.83. The number of amides is 3. The first kappa shape index (κ1) is 26.4. The van der Waals surface area contributed by atoms with Crippen LogP contribution in [0.5, 0.6) is 5.75 Å². The maximum absolute atomic E-state index is 13.6. The third kappa shape index (κ3) is 4.52. The summed E-state index contributed by atoms with van der Waals surface area (Å²) in [5, 5.41) is 19.1. The van der Waals surface area contributed by atoms with Crippen molar-refractivity contribution in [3.05, 3.63) is 74.9 Å². The van der Waals surface area contributed by atoms with Crippen LogP contribution in [-0.2, 0) is 28.2 Å². The quantitative estimate of drug-likeness (QED) is 0.416. The predicted molar refractivity (Wildman–Crippen MR) is 138 cm³/mol. The molecule has 1 aromatic carbocycles. The molecule has 3 heterocycles. The summed E-state index contributed by atoms with van der Waals surface area (Å²) in [6, 6.07) is 4.41. The van der Waals surface area contributed by atoms with Crippen LogP contribution in [-0.4, -0.2) is 37.9 Å². The van der Waals surface area contributed by atoms with E-state index in [4.69, 9.17) is 0 Å². The Morgan fingerprint density at radius 2 is 1.97 bits per heavy atom. The van der Waals surface area contributed by atoms with Crippen molar-refractivity contribution in [2.24, 2.45) is 5.92 Å². The van der Waals surface area contributed by atoms with Crippen molar-refractivity contribution in [3.63, 3.8) is 0 Å². The summed E-state index contributed by atoms with van der Waals surface area (Å²) in [4.78, 5) is 56.4. The fraction of sp³-hybridized carbons (Fsp3) is 0.429. The molecule has 1 aromatic heterocycles. The molecule has 2 saturated carbocycles. The van der Waals surface area contributed by atoms with Gasteiger partial charge < -0.3 is 21.1 Å². The van der Waals surface area contributed by atoms with E-state index in [1.54, 1.807) is 13.0 Å². The largest absolute Gasteiger partial charge is 0.501 e. The maximum atomic E-state index is 13.6. The molecule has 2 aliphatic carbocycles. The normalized spacial score (nSPS) is 24.7. The number of fused-ring (bicyclic) bond motifs is 2. The lowest BCUT2D eigenvalue weighted by Gasteiger charge is -2.38. The van der Waals surface area contributed by atoms with Crippen molar-refractivity contribution in [2.75, 3.05) is 0 Å². The number of aryl methyl sites for hydroxylation is 1. The number of nitrogens with zero attached hydrogens (tertiary/aromatic N) is 2. The smallest absolute Gasteiger partial charge is 0.296 e. The highest BCUT2D eigenvalue weighted by Crippen LogP contribution is 2.46. The molecule has 0 spiro atoms. The van der Waals surface area contributed by atoms with E-state index in [1.165, 1.54) is 23.6 Å². The van der Waals surface area contributed by atoms with Gasteiger partial charge in [0.25, 0.3) is 17.4 Å². The summed E-state index contributed by atoms with van der Waals surface area (Å²) in [6.07, 6.45) is 2.62. The van der Waals surface area contributed by atoms with Crippen molar-refractivity contribution in [1.29, 1.82) is 0 Å². The van der Waals surface area contributed by atoms with Crippen LogP contribution < -0.4 is 21.5 Å². The number of carbonyl (C=O) groups is 3. The third-order valence-electron chi connectivity index (χ3n) is 8.04. The minimum absolute atomic E-state index is 0.0271. The zero-order chi connectivity index (χ0) is 28.1. The highest BCUT2D eigenvalue weighted by Gasteiger charge is 2.59. The van der Waals surface area contributed by atoms with E-state index in [0.717, 1.165) is 0 Å². The van der Waals surface area contributed by atoms with Crippen LogP contribution >= 0.6 is 0 Å². The molecular weight excluding hydrogens is 505 g/mol. The van der Waals surface area contributed by atoms with Crippen LogP contribution in [0.2, 0.25) is 0 Å². The van der Waals surface area contributed by atoms with Gasteiger partial charge in [0, 0.05) is 32.0 Å². The summed E-state index contributed by atoms with van der Waals surface area (Å²) in [7, 11) is 0. The fourth-order valence-corrected chi connectivity index (χ4v) is 5.79. The standard InChI is InChI=1S/C28H30FN5O5/c1-4-19-12-28(19,32-16(3)35)26(39)33-27-9-7-17(8-10-27)14-34-24(38)22(36)21(31-25(27)34)23(37)30-13-18-5-6-20(29)15(2)11-18/h5-6,11,17,36H,1,7-10,12-14H2,2-3H3,(H,30,37)(H,32,35)(H,33,39)/t17?,27?,28-/m0/s1. The molecule has 6 rings (SSSR count). The van der Waals surface area contributed by atoms with Gasteiger partial charge >= 0.3 is 0 Å². The first-order valence-electron chi connectivity index (χ1n) is 12.9. The second-order valence-corrected chi connectivity index (χ2v) is 10.7. The van der Waals surface area contributed by atoms with E-state index in [2.05, 4.69) is 33.2 Å². The molecule has 0 radical (unpaired) electrons. The van der Waals surface area contributed by atoms with Gasteiger partial charge in [-0.1, -0.05) is 18.7 Å². The molecule has 4 N–H and O–H groups in total. The van der Waals surface area contributed by atoms with Gasteiger partial charge in [-0.15, -0.1) is 5.73 Å². The Morgan fingerprint density at radius 3 is 2.59 bits per heavy atom. The van der Waals surface area contributed by atoms with Crippen molar-refractivity contribution >= 4 is 17.7 Å². The van der Waals surface area contributed by atoms with Crippen molar-refractivity contribution < 1.29 is 23.9 Å². The lowest BCUT2D eigenvalue weighted by atomic mass is 9.77. The number of nitrogens with one attached hydrogen (secondary N) is 3. The van der Waals surface area contributed by atoms with Gasteiger partial charge in [0.05, 0.1) is 5.54 Å². The molecule has 204 valence electrons. The average Bonchev–Trinajstić information content (AvgIpc) is 3.66. The molecule has 2 fully saturated rings. The number of aromatic hydroxyl groups is 1. The molecule has 39 heavy (non-hydrogen) atoms. The molecular formula is C28H30FN5O5. The highest BCUT2D eigenvalue weighted by molar-refractivity contribution is 5.99. The molecule has 4 aliphatic rings.